The summed E-state index contributed by atoms with van der Waals surface area (Å²) in [4.78, 5) is 35.9. The first-order chi connectivity index (χ1) is 11.5. The first kappa shape index (κ1) is 15.7. The number of rotatable bonds is 3. The summed E-state index contributed by atoms with van der Waals surface area (Å²) in [7, 11) is 0. The predicted molar refractivity (Wildman–Crippen MR) is 86.9 cm³/mol. The van der Waals surface area contributed by atoms with E-state index in [0.717, 1.165) is 0 Å². The average molecular weight is 322 g/mol. The minimum Gasteiger partial charge on any atom is -0.507 e. The largest absolute Gasteiger partial charge is 0.507 e. The monoisotopic (exact) mass is 322 g/mol. The zero-order valence-electron chi connectivity index (χ0n) is 12.9. The standard InChI is InChI=1S/C19H14O5/c1-2-24-19(23)15-9-11(7-8-16(15)20)14-10-17(21)18(22)13-6-4-3-5-12(13)14/h3-10,20H,2H2,1H3. The molecule has 3 rings (SSSR count). The van der Waals surface area contributed by atoms with Gasteiger partial charge in [0.1, 0.15) is 11.3 Å². The van der Waals surface area contributed by atoms with Crippen LogP contribution in [-0.4, -0.2) is 29.2 Å². The van der Waals surface area contributed by atoms with Crippen molar-refractivity contribution in [2.75, 3.05) is 6.61 Å². The van der Waals surface area contributed by atoms with Crippen molar-refractivity contribution >= 4 is 23.1 Å². The van der Waals surface area contributed by atoms with Crippen LogP contribution < -0.4 is 0 Å². The lowest BCUT2D eigenvalue weighted by molar-refractivity contribution is -0.111. The van der Waals surface area contributed by atoms with Crippen molar-refractivity contribution in [1.29, 1.82) is 0 Å². The lowest BCUT2D eigenvalue weighted by atomic mass is 9.85. The molecule has 120 valence electrons. The van der Waals surface area contributed by atoms with E-state index in [9.17, 15) is 19.5 Å². The molecule has 24 heavy (non-hydrogen) atoms. The van der Waals surface area contributed by atoms with Crippen LogP contribution in [0.3, 0.4) is 0 Å². The second kappa shape index (κ2) is 6.12. The molecule has 0 atom stereocenters. The molecule has 0 fully saturated rings. The Morgan fingerprint density at radius 1 is 1.08 bits per heavy atom. The van der Waals surface area contributed by atoms with Gasteiger partial charge in [-0.15, -0.1) is 0 Å². The van der Waals surface area contributed by atoms with Crippen molar-refractivity contribution in [2.45, 2.75) is 6.92 Å². The summed E-state index contributed by atoms with van der Waals surface area (Å²) < 4.78 is 4.92. The number of hydrogen-bond acceptors (Lipinski definition) is 5. The number of Topliss-reactive ketones (excluding diaryl/α,β-unsaturated/α-hetero) is 1. The molecule has 0 heterocycles. The number of phenolic OH excluding ortho intramolecular Hbond substituents is 1. The van der Waals surface area contributed by atoms with Crippen molar-refractivity contribution in [2.24, 2.45) is 0 Å². The molecule has 0 aliphatic heterocycles. The molecule has 5 nitrogen and oxygen atoms in total. The van der Waals surface area contributed by atoms with E-state index in [4.69, 9.17) is 4.74 Å². The number of aromatic hydroxyl groups is 1. The highest BCUT2D eigenvalue weighted by Gasteiger charge is 2.26. The van der Waals surface area contributed by atoms with E-state index in [2.05, 4.69) is 0 Å². The van der Waals surface area contributed by atoms with Crippen LogP contribution in [-0.2, 0) is 9.53 Å². The normalized spacial score (nSPS) is 13.3. The SMILES string of the molecule is CCOC(=O)c1cc(C2=CC(=O)C(=O)c3ccccc32)ccc1O. The highest BCUT2D eigenvalue weighted by molar-refractivity contribution is 6.51. The van der Waals surface area contributed by atoms with Crippen LogP contribution in [0, 0.1) is 0 Å². The van der Waals surface area contributed by atoms with E-state index in [-0.39, 0.29) is 17.9 Å². The number of ether oxygens (including phenoxy) is 1. The van der Waals surface area contributed by atoms with Crippen LogP contribution in [0.25, 0.3) is 5.57 Å². The Morgan fingerprint density at radius 2 is 1.79 bits per heavy atom. The molecule has 0 radical (unpaired) electrons. The van der Waals surface area contributed by atoms with Crippen LogP contribution in [0.5, 0.6) is 5.75 Å². The smallest absolute Gasteiger partial charge is 0.341 e. The maximum atomic E-state index is 12.0. The fourth-order valence-electron chi connectivity index (χ4n) is 2.64. The molecule has 0 amide bonds. The lowest BCUT2D eigenvalue weighted by Gasteiger charge is -2.17. The Morgan fingerprint density at radius 3 is 2.50 bits per heavy atom. The number of hydrogen-bond donors (Lipinski definition) is 1. The minimum atomic E-state index is -0.649. The van der Waals surface area contributed by atoms with Crippen LogP contribution in [0.4, 0.5) is 0 Å². The molecule has 1 aliphatic rings. The molecule has 2 aromatic rings. The number of ketones is 2. The number of esters is 1. The molecule has 0 aromatic heterocycles. The number of benzene rings is 2. The first-order valence-corrected chi connectivity index (χ1v) is 7.43. The van der Waals surface area contributed by atoms with Crippen molar-refractivity contribution in [1.82, 2.24) is 0 Å². The highest BCUT2D eigenvalue weighted by Crippen LogP contribution is 2.32. The van der Waals surface area contributed by atoms with Crippen molar-refractivity contribution in [3.63, 3.8) is 0 Å². The zero-order chi connectivity index (χ0) is 17.3. The highest BCUT2D eigenvalue weighted by atomic mass is 16.5. The summed E-state index contributed by atoms with van der Waals surface area (Å²) in [6, 6.07) is 11.2. The number of carbonyl (C=O) groups is 3. The van der Waals surface area contributed by atoms with Gasteiger partial charge < -0.3 is 9.84 Å². The van der Waals surface area contributed by atoms with E-state index in [1.165, 1.54) is 18.2 Å². The maximum Gasteiger partial charge on any atom is 0.341 e. The predicted octanol–water partition coefficient (Wildman–Crippen LogP) is 2.77. The summed E-state index contributed by atoms with van der Waals surface area (Å²) in [5.74, 6) is -2.03. The minimum absolute atomic E-state index is 0.0112. The molecule has 1 aliphatic carbocycles. The van der Waals surface area contributed by atoms with Gasteiger partial charge in [0.15, 0.2) is 0 Å². The molecular weight excluding hydrogens is 308 g/mol. The van der Waals surface area contributed by atoms with Crippen LogP contribution >= 0.6 is 0 Å². The van der Waals surface area contributed by atoms with Gasteiger partial charge in [-0.05, 0) is 41.8 Å². The molecule has 0 saturated heterocycles. The van der Waals surface area contributed by atoms with Gasteiger partial charge in [0, 0.05) is 5.56 Å². The van der Waals surface area contributed by atoms with Gasteiger partial charge in [-0.2, -0.15) is 0 Å². The molecule has 0 bridgehead atoms. The van der Waals surface area contributed by atoms with Gasteiger partial charge >= 0.3 is 5.97 Å². The molecule has 0 unspecified atom stereocenters. The molecule has 5 heteroatoms. The van der Waals surface area contributed by atoms with Gasteiger partial charge in [0.2, 0.25) is 11.6 Å². The Hall–Kier alpha value is -3.21. The fraction of sp³-hybridized carbons (Fsp3) is 0.105. The Balaban J connectivity index is 2.14. The number of allylic oxidation sites excluding steroid dienone is 1. The van der Waals surface area contributed by atoms with Crippen LogP contribution in [0.1, 0.15) is 38.8 Å². The number of phenols is 1. The molecular formula is C19H14O5. The summed E-state index contributed by atoms with van der Waals surface area (Å²) in [5.41, 5.74) is 2.02. The van der Waals surface area contributed by atoms with Crippen molar-refractivity contribution in [3.8, 4) is 5.75 Å². The molecule has 0 saturated carbocycles. The second-order valence-corrected chi connectivity index (χ2v) is 5.25. The van der Waals surface area contributed by atoms with E-state index < -0.39 is 17.5 Å². The fourth-order valence-corrected chi connectivity index (χ4v) is 2.64. The van der Waals surface area contributed by atoms with Gasteiger partial charge in [0.25, 0.3) is 0 Å². The van der Waals surface area contributed by atoms with Crippen LogP contribution in [0.15, 0.2) is 48.5 Å². The Kier molecular flexibility index (Phi) is 4.00. The second-order valence-electron chi connectivity index (χ2n) is 5.25. The number of carbonyl (C=O) groups excluding carboxylic acids is 3. The van der Waals surface area contributed by atoms with Gasteiger partial charge in [-0.3, -0.25) is 9.59 Å². The Bertz CT molecular complexity index is 892. The maximum absolute atomic E-state index is 12.0. The topological polar surface area (TPSA) is 80.7 Å². The summed E-state index contributed by atoms with van der Waals surface area (Å²) in [6.07, 6.45) is 1.26. The Labute approximate surface area is 138 Å². The number of fused-ring (bicyclic) bond motifs is 1. The molecule has 1 N–H and O–H groups in total. The third kappa shape index (κ3) is 2.60. The average Bonchev–Trinajstić information content (AvgIpc) is 2.59. The summed E-state index contributed by atoms with van der Waals surface area (Å²) in [5, 5.41) is 9.88. The quantitative estimate of drug-likeness (QED) is 0.694. The van der Waals surface area contributed by atoms with Crippen molar-refractivity contribution < 1.29 is 24.2 Å². The van der Waals surface area contributed by atoms with Gasteiger partial charge in [0.05, 0.1) is 6.61 Å². The summed E-state index contributed by atoms with van der Waals surface area (Å²) >= 11 is 0. The third-order valence-electron chi connectivity index (χ3n) is 3.76. The van der Waals surface area contributed by atoms with Gasteiger partial charge in [-0.25, -0.2) is 4.79 Å². The van der Waals surface area contributed by atoms with Crippen molar-refractivity contribution in [3.05, 3.63) is 70.8 Å². The van der Waals surface area contributed by atoms with E-state index in [1.54, 1.807) is 37.3 Å². The lowest BCUT2D eigenvalue weighted by Crippen LogP contribution is -2.19. The summed E-state index contributed by atoms with van der Waals surface area (Å²) in [6.45, 7) is 1.85. The zero-order valence-corrected chi connectivity index (χ0v) is 12.9. The van der Waals surface area contributed by atoms with E-state index >= 15 is 0 Å². The first-order valence-electron chi connectivity index (χ1n) is 7.43. The van der Waals surface area contributed by atoms with E-state index in [1.807, 2.05) is 0 Å². The third-order valence-corrected chi connectivity index (χ3v) is 3.76. The van der Waals surface area contributed by atoms with Gasteiger partial charge in [-0.1, -0.05) is 30.3 Å². The molecule has 0 spiro atoms. The molecule has 2 aromatic carbocycles. The van der Waals surface area contributed by atoms with Crippen LogP contribution in [0.2, 0.25) is 0 Å². The van der Waals surface area contributed by atoms with E-state index in [0.29, 0.717) is 22.3 Å².